The van der Waals surface area contributed by atoms with Crippen molar-refractivity contribution >= 4 is 11.9 Å². The van der Waals surface area contributed by atoms with Crippen molar-refractivity contribution in [3.05, 3.63) is 0 Å². The van der Waals surface area contributed by atoms with Gasteiger partial charge in [0.1, 0.15) is 6.54 Å². The van der Waals surface area contributed by atoms with Gasteiger partial charge in [-0.15, -0.1) is 0 Å². The zero-order chi connectivity index (χ0) is 13.4. The van der Waals surface area contributed by atoms with Crippen molar-refractivity contribution in [2.75, 3.05) is 34.3 Å². The van der Waals surface area contributed by atoms with Crippen LogP contribution < -0.4 is 10.8 Å². The Morgan fingerprint density at radius 2 is 1.81 bits per heavy atom. The molecule has 1 atom stereocenters. The first-order valence-corrected chi connectivity index (χ1v) is 4.69. The highest BCUT2D eigenvalue weighted by atomic mass is 16.4. The summed E-state index contributed by atoms with van der Waals surface area (Å²) in [6.45, 7) is 1.11. The Bertz CT molecular complexity index is 224. The molecular weight excluding hydrogens is 216 g/mol. The lowest BCUT2D eigenvalue weighted by molar-refractivity contribution is -0.870. The van der Waals surface area contributed by atoms with Gasteiger partial charge >= 0.3 is 5.97 Å². The molecule has 0 aromatic carbocycles. The van der Waals surface area contributed by atoms with E-state index in [-0.39, 0.29) is 6.61 Å². The van der Waals surface area contributed by atoms with Crippen LogP contribution in [0.25, 0.3) is 0 Å². The van der Waals surface area contributed by atoms with Crippen molar-refractivity contribution in [2.24, 2.45) is 5.73 Å². The Morgan fingerprint density at radius 3 is 1.88 bits per heavy atom. The molecule has 0 fully saturated rings. The number of carboxylic acid groups (broad SMARTS) is 2. The second-order valence-corrected chi connectivity index (χ2v) is 4.26. The molecule has 0 aromatic rings. The molecule has 0 bridgehead atoms. The van der Waals surface area contributed by atoms with E-state index in [1.165, 1.54) is 0 Å². The number of nitrogens with zero attached hydrogens (tertiary/aromatic N) is 1. The van der Waals surface area contributed by atoms with Gasteiger partial charge in [0, 0.05) is 0 Å². The summed E-state index contributed by atoms with van der Waals surface area (Å²) in [5, 5.41) is 26.1. The molecule has 0 spiro atoms. The monoisotopic (exact) mass is 236 g/mol. The lowest BCUT2D eigenvalue weighted by atomic mass is 10.2. The van der Waals surface area contributed by atoms with Crippen LogP contribution in [0, 0.1) is 0 Å². The van der Waals surface area contributed by atoms with Crippen LogP contribution >= 0.6 is 0 Å². The number of hydrogen-bond acceptors (Lipinski definition) is 5. The summed E-state index contributed by atoms with van der Waals surface area (Å²) >= 11 is 0. The second-order valence-electron chi connectivity index (χ2n) is 4.26. The number of carboxylic acids is 2. The van der Waals surface area contributed by atoms with Crippen LogP contribution in [0.4, 0.5) is 0 Å². The minimum Gasteiger partial charge on any atom is -0.548 e. The van der Waals surface area contributed by atoms with Gasteiger partial charge in [-0.3, -0.25) is 4.79 Å². The maximum atomic E-state index is 9.74. The Kier molecular flexibility index (Phi) is 8.64. The lowest BCUT2D eigenvalue weighted by Gasteiger charge is -2.21. The molecule has 0 unspecified atom stereocenters. The Labute approximate surface area is 94.7 Å². The van der Waals surface area contributed by atoms with Gasteiger partial charge in [-0.2, -0.15) is 0 Å². The molecule has 0 heterocycles. The van der Waals surface area contributed by atoms with E-state index in [1.807, 2.05) is 0 Å². The third-order valence-corrected chi connectivity index (χ3v) is 1.47. The first-order valence-electron chi connectivity index (χ1n) is 4.69. The number of carbonyl (C=O) groups excluding carboxylic acids is 1. The number of carbonyl (C=O) groups is 2. The first-order chi connectivity index (χ1) is 7.10. The lowest BCUT2D eigenvalue weighted by Crippen LogP contribution is -2.43. The van der Waals surface area contributed by atoms with E-state index < -0.39 is 24.4 Å². The molecule has 0 aliphatic carbocycles. The Morgan fingerprint density at radius 1 is 1.38 bits per heavy atom. The van der Waals surface area contributed by atoms with Crippen LogP contribution in [0.15, 0.2) is 0 Å². The van der Waals surface area contributed by atoms with Crippen molar-refractivity contribution in [2.45, 2.75) is 12.5 Å². The Balaban J connectivity index is 0. The van der Waals surface area contributed by atoms with Crippen LogP contribution in [0.1, 0.15) is 6.42 Å². The summed E-state index contributed by atoms with van der Waals surface area (Å²) in [5.41, 5.74) is 4.77. The number of rotatable bonds is 5. The molecular formula is C9H20N2O5. The maximum absolute atomic E-state index is 9.74. The third kappa shape index (κ3) is 15.3. The molecule has 96 valence electrons. The fourth-order valence-electron chi connectivity index (χ4n) is 0.571. The van der Waals surface area contributed by atoms with Crippen LogP contribution in [0.2, 0.25) is 0 Å². The average molecular weight is 236 g/mol. The highest BCUT2D eigenvalue weighted by Crippen LogP contribution is 1.85. The molecule has 0 rings (SSSR count). The van der Waals surface area contributed by atoms with E-state index in [0.29, 0.717) is 0 Å². The van der Waals surface area contributed by atoms with Crippen molar-refractivity contribution in [3.8, 4) is 0 Å². The molecule has 0 saturated carbocycles. The summed E-state index contributed by atoms with van der Waals surface area (Å²) in [6, 6.07) is -1.40. The summed E-state index contributed by atoms with van der Waals surface area (Å²) in [7, 11) is 6.16. The highest BCUT2D eigenvalue weighted by Gasteiger charge is 2.07. The highest BCUT2D eigenvalue weighted by molar-refractivity contribution is 5.78. The molecule has 0 radical (unpaired) electrons. The minimum absolute atomic E-state index is 0.281. The summed E-state index contributed by atoms with van der Waals surface area (Å²) in [5.74, 6) is -2.79. The first kappa shape index (κ1) is 17.2. The van der Waals surface area contributed by atoms with Gasteiger partial charge in [0.2, 0.25) is 0 Å². The zero-order valence-corrected chi connectivity index (χ0v) is 9.84. The molecule has 0 aromatic heterocycles. The molecule has 0 amide bonds. The minimum atomic E-state index is -1.54. The number of aliphatic hydroxyl groups is 1. The van der Waals surface area contributed by atoms with E-state index in [2.05, 4.69) is 21.1 Å². The summed E-state index contributed by atoms with van der Waals surface area (Å²) < 4.78 is 0.844. The SMILES string of the molecule is C[N+](C)(C)CCO.N[C@@H](CC(=O)O)C(=O)[O-]. The van der Waals surface area contributed by atoms with Crippen LogP contribution in [-0.2, 0) is 9.59 Å². The standard InChI is InChI=1S/C5H14NO.C4H7NO4/c1-6(2,3)4-5-7;5-2(4(8)9)1-3(6)7/h7H,4-5H2,1-3H3;2H,1,5H2,(H,6,7)(H,8,9)/q+1;/p-1/t;2-/m.0/s1. The fourth-order valence-corrected chi connectivity index (χ4v) is 0.571. The third-order valence-electron chi connectivity index (χ3n) is 1.47. The smallest absolute Gasteiger partial charge is 0.305 e. The Hall–Kier alpha value is -1.18. The number of nitrogens with two attached hydrogens (primary N) is 1. The fraction of sp³-hybridized carbons (Fsp3) is 0.778. The predicted octanol–water partition coefficient (Wildman–Crippen LogP) is -2.78. The van der Waals surface area contributed by atoms with Gasteiger partial charge in [-0.1, -0.05) is 0 Å². The second kappa shape index (κ2) is 8.03. The molecule has 7 nitrogen and oxygen atoms in total. The number of likely N-dealkylation sites (N-methyl/N-ethyl adjacent to an activating group) is 1. The zero-order valence-electron chi connectivity index (χ0n) is 9.84. The number of aliphatic hydroxyl groups excluding tert-OH is 1. The molecule has 0 aliphatic heterocycles. The summed E-state index contributed by atoms with van der Waals surface area (Å²) in [6.07, 6.45) is -0.595. The van der Waals surface area contributed by atoms with Gasteiger partial charge in [-0.25, -0.2) is 0 Å². The molecule has 0 saturated heterocycles. The maximum Gasteiger partial charge on any atom is 0.305 e. The van der Waals surface area contributed by atoms with E-state index in [9.17, 15) is 14.7 Å². The van der Waals surface area contributed by atoms with Crippen molar-refractivity contribution in [1.29, 1.82) is 0 Å². The topological polar surface area (TPSA) is 124 Å². The number of quaternary nitrogens is 1. The largest absolute Gasteiger partial charge is 0.548 e. The van der Waals surface area contributed by atoms with E-state index >= 15 is 0 Å². The molecule has 7 heteroatoms. The van der Waals surface area contributed by atoms with Crippen LogP contribution in [-0.4, -0.2) is 67.0 Å². The van der Waals surface area contributed by atoms with Crippen molar-refractivity contribution in [3.63, 3.8) is 0 Å². The van der Waals surface area contributed by atoms with E-state index in [4.69, 9.17) is 15.9 Å². The van der Waals surface area contributed by atoms with Crippen molar-refractivity contribution in [1.82, 2.24) is 0 Å². The molecule has 0 aliphatic rings. The van der Waals surface area contributed by atoms with Crippen molar-refractivity contribution < 1.29 is 29.4 Å². The van der Waals surface area contributed by atoms with Gasteiger partial charge < -0.3 is 30.3 Å². The van der Waals surface area contributed by atoms with Gasteiger partial charge in [0.15, 0.2) is 0 Å². The predicted molar refractivity (Wildman–Crippen MR) is 55.2 cm³/mol. The normalized spacial score (nSPS) is 12.3. The molecule has 16 heavy (non-hydrogen) atoms. The van der Waals surface area contributed by atoms with Gasteiger partial charge in [0.05, 0.1) is 46.2 Å². The molecule has 4 N–H and O–H groups in total. The van der Waals surface area contributed by atoms with Gasteiger partial charge in [0.25, 0.3) is 0 Å². The van der Waals surface area contributed by atoms with Crippen LogP contribution in [0.5, 0.6) is 0 Å². The van der Waals surface area contributed by atoms with Crippen LogP contribution in [0.3, 0.4) is 0 Å². The quantitative estimate of drug-likeness (QED) is 0.444. The van der Waals surface area contributed by atoms with E-state index in [1.54, 1.807) is 0 Å². The van der Waals surface area contributed by atoms with E-state index in [0.717, 1.165) is 11.0 Å². The average Bonchev–Trinajstić information content (AvgIpc) is 2.01. The number of aliphatic carboxylic acids is 2. The summed E-state index contributed by atoms with van der Waals surface area (Å²) in [4.78, 5) is 19.5. The van der Waals surface area contributed by atoms with Gasteiger partial charge in [-0.05, 0) is 0 Å². The number of hydrogen-bond donors (Lipinski definition) is 3.